The summed E-state index contributed by atoms with van der Waals surface area (Å²) in [6, 6.07) is 16.2. The van der Waals surface area contributed by atoms with Crippen molar-refractivity contribution in [2.75, 3.05) is 6.54 Å². The lowest BCUT2D eigenvalue weighted by Gasteiger charge is -2.26. The van der Waals surface area contributed by atoms with Crippen molar-refractivity contribution in [1.29, 1.82) is 0 Å². The van der Waals surface area contributed by atoms with Gasteiger partial charge in [0, 0.05) is 42.9 Å². The zero-order valence-corrected chi connectivity index (χ0v) is 18.4. The second-order valence-electron chi connectivity index (χ2n) is 8.39. The van der Waals surface area contributed by atoms with Gasteiger partial charge in [0.15, 0.2) is 0 Å². The van der Waals surface area contributed by atoms with Crippen molar-refractivity contribution < 1.29 is 9.53 Å². The number of carbonyl (C=O) groups is 1. The van der Waals surface area contributed by atoms with Crippen LogP contribution in [-0.2, 0) is 31.4 Å². The molecule has 3 aromatic rings. The lowest BCUT2D eigenvalue weighted by atomic mass is 10.0. The van der Waals surface area contributed by atoms with Gasteiger partial charge < -0.3 is 15.4 Å². The Bertz CT molecular complexity index is 1060. The smallest absolute Gasteiger partial charge is 0.254 e. The van der Waals surface area contributed by atoms with Gasteiger partial charge in [-0.1, -0.05) is 36.4 Å². The molecule has 0 radical (unpaired) electrons. The number of nitrogens with two attached hydrogens (primary N) is 1. The SMILES string of the molecule is CC(C)OCc1cnn(C)c1-c1ccc2c(c1)CN([C@H](CN)Cc1ccccc1)C2=O. The molecule has 0 spiro atoms. The van der Waals surface area contributed by atoms with E-state index >= 15 is 0 Å². The highest BCUT2D eigenvalue weighted by Crippen LogP contribution is 2.31. The Morgan fingerprint density at radius 1 is 1.16 bits per heavy atom. The maximum absolute atomic E-state index is 13.1. The minimum absolute atomic E-state index is 0.0301. The highest BCUT2D eigenvalue weighted by Gasteiger charge is 2.32. The van der Waals surface area contributed by atoms with Gasteiger partial charge in [0.25, 0.3) is 5.91 Å². The van der Waals surface area contributed by atoms with Crippen molar-refractivity contribution in [3.8, 4) is 11.3 Å². The summed E-state index contributed by atoms with van der Waals surface area (Å²) >= 11 is 0. The Hall–Kier alpha value is -2.96. The summed E-state index contributed by atoms with van der Waals surface area (Å²) in [7, 11) is 1.93. The molecule has 0 unspecified atom stereocenters. The second-order valence-corrected chi connectivity index (χ2v) is 8.39. The summed E-state index contributed by atoms with van der Waals surface area (Å²) < 4.78 is 7.67. The van der Waals surface area contributed by atoms with Crippen molar-refractivity contribution in [2.24, 2.45) is 12.8 Å². The van der Waals surface area contributed by atoms with Gasteiger partial charge in [0.05, 0.1) is 24.6 Å². The Kier molecular flexibility index (Phi) is 6.20. The van der Waals surface area contributed by atoms with Crippen molar-refractivity contribution in [3.63, 3.8) is 0 Å². The van der Waals surface area contributed by atoms with Crippen LogP contribution in [0.15, 0.2) is 54.7 Å². The average Bonchev–Trinajstić information content (AvgIpc) is 3.30. The van der Waals surface area contributed by atoms with Crippen LogP contribution in [0.25, 0.3) is 11.3 Å². The first-order valence-electron chi connectivity index (χ1n) is 10.8. The zero-order chi connectivity index (χ0) is 22.0. The fourth-order valence-corrected chi connectivity index (χ4v) is 4.21. The van der Waals surface area contributed by atoms with Crippen LogP contribution in [0, 0.1) is 0 Å². The third kappa shape index (κ3) is 4.40. The normalized spacial score (nSPS) is 14.4. The molecule has 1 amide bonds. The lowest BCUT2D eigenvalue weighted by molar-refractivity contribution is 0.0659. The highest BCUT2D eigenvalue weighted by molar-refractivity contribution is 5.99. The molecule has 2 aromatic carbocycles. The fourth-order valence-electron chi connectivity index (χ4n) is 4.21. The van der Waals surface area contributed by atoms with Gasteiger partial charge in [0.1, 0.15) is 0 Å². The Morgan fingerprint density at radius 3 is 2.65 bits per heavy atom. The molecule has 1 aromatic heterocycles. The zero-order valence-electron chi connectivity index (χ0n) is 18.4. The van der Waals surface area contributed by atoms with Crippen LogP contribution in [0.2, 0.25) is 0 Å². The van der Waals surface area contributed by atoms with Crippen molar-refractivity contribution >= 4 is 5.91 Å². The van der Waals surface area contributed by atoms with Crippen LogP contribution < -0.4 is 5.73 Å². The van der Waals surface area contributed by atoms with Crippen LogP contribution in [0.1, 0.15) is 40.9 Å². The van der Waals surface area contributed by atoms with E-state index in [0.717, 1.165) is 34.4 Å². The largest absolute Gasteiger partial charge is 0.374 e. The second kappa shape index (κ2) is 9.04. The number of benzene rings is 2. The maximum atomic E-state index is 13.1. The average molecular weight is 419 g/mol. The van der Waals surface area contributed by atoms with Crippen molar-refractivity contribution in [3.05, 3.63) is 77.0 Å². The van der Waals surface area contributed by atoms with E-state index in [0.29, 0.717) is 19.7 Å². The van der Waals surface area contributed by atoms with Crippen LogP contribution >= 0.6 is 0 Å². The molecule has 31 heavy (non-hydrogen) atoms. The van der Waals surface area contributed by atoms with Crippen LogP contribution in [0.4, 0.5) is 0 Å². The monoisotopic (exact) mass is 418 g/mol. The fraction of sp³-hybridized carbons (Fsp3) is 0.360. The molecule has 2 heterocycles. The third-order valence-corrected chi connectivity index (χ3v) is 5.82. The predicted octanol–water partition coefficient (Wildman–Crippen LogP) is 3.54. The minimum Gasteiger partial charge on any atom is -0.374 e. The molecule has 4 rings (SSSR count). The first-order valence-corrected chi connectivity index (χ1v) is 10.8. The molecule has 6 heteroatoms. The van der Waals surface area contributed by atoms with Gasteiger partial charge in [-0.2, -0.15) is 5.10 Å². The minimum atomic E-state index is -0.0301. The third-order valence-electron chi connectivity index (χ3n) is 5.82. The summed E-state index contributed by atoms with van der Waals surface area (Å²) in [6.45, 7) is 5.56. The number of ether oxygens (including phenoxy) is 1. The Labute approximate surface area is 183 Å². The molecule has 1 atom stereocenters. The molecule has 0 saturated carbocycles. The summed E-state index contributed by atoms with van der Waals surface area (Å²) in [5.41, 5.74) is 12.2. The van der Waals surface area contributed by atoms with E-state index in [9.17, 15) is 4.79 Å². The van der Waals surface area contributed by atoms with Gasteiger partial charge in [-0.05, 0) is 43.5 Å². The van der Waals surface area contributed by atoms with Crippen molar-refractivity contribution in [1.82, 2.24) is 14.7 Å². The molecule has 1 aliphatic rings. The number of hydrogen-bond acceptors (Lipinski definition) is 4. The number of rotatable bonds is 8. The number of amides is 1. The molecule has 2 N–H and O–H groups in total. The maximum Gasteiger partial charge on any atom is 0.254 e. The van der Waals surface area contributed by atoms with E-state index in [2.05, 4.69) is 23.3 Å². The van der Waals surface area contributed by atoms with E-state index in [1.54, 1.807) is 0 Å². The number of nitrogens with zero attached hydrogens (tertiary/aromatic N) is 3. The van der Waals surface area contributed by atoms with E-state index in [4.69, 9.17) is 10.5 Å². The van der Waals surface area contributed by atoms with Crippen LogP contribution in [0.5, 0.6) is 0 Å². The van der Waals surface area contributed by atoms with Gasteiger partial charge in [-0.25, -0.2) is 0 Å². The van der Waals surface area contributed by atoms with E-state index in [-0.39, 0.29) is 18.1 Å². The first kappa shape index (κ1) is 21.3. The molecule has 0 aliphatic carbocycles. The number of aromatic nitrogens is 2. The van der Waals surface area contributed by atoms with Gasteiger partial charge in [-0.3, -0.25) is 9.48 Å². The standard InChI is InChI=1S/C25H30N4O2/c1-17(2)31-16-21-14-27-28(3)24(21)19-9-10-23-20(12-19)15-29(25(23)30)22(13-26)11-18-7-5-4-6-8-18/h4-10,12,14,17,22H,11,13,15-16,26H2,1-3H3/t22-/m0/s1. The number of hydrogen-bond donors (Lipinski definition) is 1. The highest BCUT2D eigenvalue weighted by atomic mass is 16.5. The topological polar surface area (TPSA) is 73.4 Å². The first-order chi connectivity index (χ1) is 15.0. The number of aryl methyl sites for hydroxylation is 1. The van der Waals surface area contributed by atoms with Crippen LogP contribution in [0.3, 0.4) is 0 Å². The van der Waals surface area contributed by atoms with E-state index in [1.807, 2.05) is 67.0 Å². The summed E-state index contributed by atoms with van der Waals surface area (Å²) in [4.78, 5) is 15.0. The van der Waals surface area contributed by atoms with Gasteiger partial charge in [-0.15, -0.1) is 0 Å². The molecule has 0 bridgehead atoms. The van der Waals surface area contributed by atoms with Gasteiger partial charge >= 0.3 is 0 Å². The van der Waals surface area contributed by atoms with Crippen molar-refractivity contribution in [2.45, 2.75) is 45.6 Å². The molecule has 1 aliphatic heterocycles. The van der Waals surface area contributed by atoms with E-state index in [1.165, 1.54) is 5.56 Å². The molecular formula is C25H30N4O2. The molecular weight excluding hydrogens is 388 g/mol. The van der Waals surface area contributed by atoms with E-state index < -0.39 is 0 Å². The Morgan fingerprint density at radius 2 is 1.94 bits per heavy atom. The summed E-state index contributed by atoms with van der Waals surface area (Å²) in [6.07, 6.45) is 2.76. The number of carbonyl (C=O) groups excluding carboxylic acids is 1. The lowest BCUT2D eigenvalue weighted by Crippen LogP contribution is -2.42. The molecule has 162 valence electrons. The number of fused-ring (bicyclic) bond motifs is 1. The quantitative estimate of drug-likeness (QED) is 0.607. The molecule has 0 fully saturated rings. The van der Waals surface area contributed by atoms with Gasteiger partial charge in [0.2, 0.25) is 0 Å². The van der Waals surface area contributed by atoms with Crippen LogP contribution in [-0.4, -0.2) is 39.3 Å². The molecule has 0 saturated heterocycles. The molecule has 6 nitrogen and oxygen atoms in total. The summed E-state index contributed by atoms with van der Waals surface area (Å²) in [5, 5.41) is 4.43. The predicted molar refractivity (Wildman–Crippen MR) is 121 cm³/mol. The summed E-state index contributed by atoms with van der Waals surface area (Å²) in [5.74, 6) is 0.0568. The Balaban J connectivity index is 1.58.